The molecule has 0 heterocycles. The van der Waals surface area contributed by atoms with Crippen LogP contribution >= 0.6 is 0 Å². The number of hydrogen-bond acceptors (Lipinski definition) is 7. The summed E-state index contributed by atoms with van der Waals surface area (Å²) >= 11 is 0. The lowest BCUT2D eigenvalue weighted by Crippen LogP contribution is -2.26. The van der Waals surface area contributed by atoms with Crippen molar-refractivity contribution in [3.63, 3.8) is 0 Å². The standard InChI is InChI=1S/C33H39NO7/c1-3-5-10-25-13-9-14-28(21-25)24-40-30-22-26(15-16-29(30)39-23-27-11-7-6-8-12-27)19-20-34-31(35)17-18-32(36)41-33(37)38-4-2/h6-9,11-16,21-22H,3-5,10,17-20,23-24H2,1-2H3,(H,34,35). The van der Waals surface area contributed by atoms with Gasteiger partial charge in [-0.15, -0.1) is 0 Å². The van der Waals surface area contributed by atoms with Crippen molar-refractivity contribution in [3.05, 3.63) is 95.1 Å². The molecule has 3 aromatic rings. The minimum atomic E-state index is -1.06. The van der Waals surface area contributed by atoms with E-state index >= 15 is 0 Å². The lowest BCUT2D eigenvalue weighted by atomic mass is 10.1. The minimum absolute atomic E-state index is 0.0871. The fourth-order valence-corrected chi connectivity index (χ4v) is 4.03. The van der Waals surface area contributed by atoms with Crippen molar-refractivity contribution in [1.82, 2.24) is 5.32 Å². The molecule has 0 saturated carbocycles. The number of amides is 1. The van der Waals surface area contributed by atoms with Crippen molar-refractivity contribution in [3.8, 4) is 11.5 Å². The van der Waals surface area contributed by atoms with E-state index < -0.39 is 12.1 Å². The average molecular weight is 562 g/mol. The predicted molar refractivity (Wildman–Crippen MR) is 156 cm³/mol. The van der Waals surface area contributed by atoms with Gasteiger partial charge in [0.05, 0.1) is 13.0 Å². The Morgan fingerprint density at radius 1 is 0.707 bits per heavy atom. The zero-order chi connectivity index (χ0) is 29.3. The number of unbranched alkanes of at least 4 members (excludes halogenated alkanes) is 1. The lowest BCUT2D eigenvalue weighted by molar-refractivity contribution is -0.141. The van der Waals surface area contributed by atoms with E-state index in [0.29, 0.717) is 37.7 Å². The Kier molecular flexibility index (Phi) is 13.2. The Bertz CT molecular complexity index is 1260. The Balaban J connectivity index is 1.58. The maximum atomic E-state index is 12.2. The molecule has 0 fully saturated rings. The van der Waals surface area contributed by atoms with Gasteiger partial charge in [-0.25, -0.2) is 4.79 Å². The van der Waals surface area contributed by atoms with Crippen molar-refractivity contribution < 1.29 is 33.3 Å². The maximum Gasteiger partial charge on any atom is 0.516 e. The Morgan fingerprint density at radius 2 is 1.41 bits per heavy atom. The monoisotopic (exact) mass is 561 g/mol. The van der Waals surface area contributed by atoms with Crippen LogP contribution in [-0.4, -0.2) is 31.2 Å². The molecule has 8 heteroatoms. The molecule has 0 aliphatic carbocycles. The molecule has 0 unspecified atom stereocenters. The second kappa shape index (κ2) is 17.4. The number of nitrogens with one attached hydrogen (secondary N) is 1. The number of hydrogen-bond donors (Lipinski definition) is 1. The first-order valence-corrected chi connectivity index (χ1v) is 14.1. The van der Waals surface area contributed by atoms with Gasteiger partial charge in [0.1, 0.15) is 13.2 Å². The first kappa shape index (κ1) is 31.2. The molecule has 0 aliphatic rings. The van der Waals surface area contributed by atoms with Gasteiger partial charge < -0.3 is 24.3 Å². The number of carbonyl (C=O) groups excluding carboxylic acids is 3. The molecular formula is C33H39NO7. The molecule has 41 heavy (non-hydrogen) atoms. The van der Waals surface area contributed by atoms with Gasteiger partial charge in [0.15, 0.2) is 11.5 Å². The quantitative estimate of drug-likeness (QED) is 0.161. The van der Waals surface area contributed by atoms with Gasteiger partial charge in [0.25, 0.3) is 0 Å². The number of carbonyl (C=O) groups is 3. The molecule has 0 saturated heterocycles. The molecule has 3 aromatic carbocycles. The Morgan fingerprint density at radius 3 is 2.20 bits per heavy atom. The van der Waals surface area contributed by atoms with Crippen LogP contribution in [0.25, 0.3) is 0 Å². The first-order valence-electron chi connectivity index (χ1n) is 14.1. The summed E-state index contributed by atoms with van der Waals surface area (Å²) in [5, 5.41) is 2.79. The summed E-state index contributed by atoms with van der Waals surface area (Å²) in [7, 11) is 0. The Labute approximate surface area is 242 Å². The molecule has 0 aromatic heterocycles. The fourth-order valence-electron chi connectivity index (χ4n) is 4.03. The van der Waals surface area contributed by atoms with E-state index in [1.54, 1.807) is 6.92 Å². The van der Waals surface area contributed by atoms with E-state index in [1.807, 2.05) is 48.5 Å². The van der Waals surface area contributed by atoms with Crippen LogP contribution in [0, 0.1) is 0 Å². The molecule has 8 nitrogen and oxygen atoms in total. The molecule has 0 spiro atoms. The molecule has 0 aliphatic heterocycles. The van der Waals surface area contributed by atoms with Gasteiger partial charge >= 0.3 is 12.1 Å². The van der Waals surface area contributed by atoms with Gasteiger partial charge in [-0.3, -0.25) is 9.59 Å². The zero-order valence-electron chi connectivity index (χ0n) is 23.9. The number of esters is 1. The molecule has 0 atom stereocenters. The molecule has 0 radical (unpaired) electrons. The summed E-state index contributed by atoms with van der Waals surface area (Å²) in [5.74, 6) is 0.157. The SMILES string of the molecule is CCCCc1cccc(COc2cc(CCNC(=O)CCC(=O)OC(=O)OCC)ccc2OCc2ccccc2)c1. The highest BCUT2D eigenvalue weighted by Gasteiger charge is 2.14. The second-order valence-corrected chi connectivity index (χ2v) is 9.52. The molecule has 3 rings (SSSR count). The number of benzene rings is 3. The highest BCUT2D eigenvalue weighted by atomic mass is 16.7. The lowest BCUT2D eigenvalue weighted by Gasteiger charge is -2.15. The van der Waals surface area contributed by atoms with Crippen LogP contribution in [0.15, 0.2) is 72.8 Å². The topological polar surface area (TPSA) is 100 Å². The van der Waals surface area contributed by atoms with Crippen molar-refractivity contribution in [2.75, 3.05) is 13.2 Å². The number of aryl methyl sites for hydroxylation is 1. The normalized spacial score (nSPS) is 10.5. The van der Waals surface area contributed by atoms with Crippen molar-refractivity contribution in [2.24, 2.45) is 0 Å². The van der Waals surface area contributed by atoms with Crippen LogP contribution in [-0.2, 0) is 45.1 Å². The van der Waals surface area contributed by atoms with Crippen LogP contribution in [0.4, 0.5) is 4.79 Å². The summed E-state index contributed by atoms with van der Waals surface area (Å²) in [6.07, 6.45) is 2.54. The van der Waals surface area contributed by atoms with Gasteiger partial charge in [-0.05, 0) is 60.6 Å². The summed E-state index contributed by atoms with van der Waals surface area (Å²) in [6, 6.07) is 24.2. The van der Waals surface area contributed by atoms with Crippen molar-refractivity contribution in [1.29, 1.82) is 0 Å². The van der Waals surface area contributed by atoms with E-state index in [-0.39, 0.29) is 25.4 Å². The van der Waals surface area contributed by atoms with Crippen LogP contribution in [0.3, 0.4) is 0 Å². The summed E-state index contributed by atoms with van der Waals surface area (Å²) in [6.45, 7) is 5.09. The van der Waals surface area contributed by atoms with Crippen molar-refractivity contribution in [2.45, 2.75) is 65.6 Å². The van der Waals surface area contributed by atoms with Crippen LogP contribution < -0.4 is 14.8 Å². The Hall–Kier alpha value is -4.33. The summed E-state index contributed by atoms with van der Waals surface area (Å²) < 4.78 is 21.4. The predicted octanol–water partition coefficient (Wildman–Crippen LogP) is 6.33. The third-order valence-corrected chi connectivity index (χ3v) is 6.20. The molecule has 0 bridgehead atoms. The third kappa shape index (κ3) is 11.7. The fraction of sp³-hybridized carbons (Fsp3) is 0.364. The van der Waals surface area contributed by atoms with Crippen LogP contribution in [0.2, 0.25) is 0 Å². The average Bonchev–Trinajstić information content (AvgIpc) is 2.98. The van der Waals surface area contributed by atoms with Crippen LogP contribution in [0.5, 0.6) is 11.5 Å². The second-order valence-electron chi connectivity index (χ2n) is 9.52. The number of ether oxygens (including phenoxy) is 4. The molecular weight excluding hydrogens is 522 g/mol. The highest BCUT2D eigenvalue weighted by Crippen LogP contribution is 2.30. The van der Waals surface area contributed by atoms with E-state index in [9.17, 15) is 14.4 Å². The largest absolute Gasteiger partial charge is 0.516 e. The smallest absolute Gasteiger partial charge is 0.485 e. The van der Waals surface area contributed by atoms with E-state index in [0.717, 1.165) is 36.0 Å². The van der Waals surface area contributed by atoms with E-state index in [2.05, 4.69) is 46.0 Å². The van der Waals surface area contributed by atoms with Gasteiger partial charge in [0, 0.05) is 13.0 Å². The van der Waals surface area contributed by atoms with Gasteiger partial charge in [0.2, 0.25) is 5.91 Å². The summed E-state index contributed by atoms with van der Waals surface area (Å²) in [4.78, 5) is 35.0. The van der Waals surface area contributed by atoms with E-state index in [1.165, 1.54) is 5.56 Å². The number of rotatable bonds is 16. The molecule has 1 amide bonds. The maximum absolute atomic E-state index is 12.2. The molecule has 1 N–H and O–H groups in total. The van der Waals surface area contributed by atoms with Crippen molar-refractivity contribution >= 4 is 18.0 Å². The van der Waals surface area contributed by atoms with Gasteiger partial charge in [-0.2, -0.15) is 0 Å². The molecule has 218 valence electrons. The minimum Gasteiger partial charge on any atom is -0.485 e. The highest BCUT2D eigenvalue weighted by molar-refractivity contribution is 5.85. The first-order chi connectivity index (χ1) is 20.0. The third-order valence-electron chi connectivity index (χ3n) is 6.20. The summed E-state index contributed by atoms with van der Waals surface area (Å²) in [5.41, 5.74) is 4.41. The van der Waals surface area contributed by atoms with E-state index in [4.69, 9.17) is 9.47 Å². The van der Waals surface area contributed by atoms with Crippen LogP contribution in [0.1, 0.15) is 61.8 Å². The van der Waals surface area contributed by atoms with Gasteiger partial charge in [-0.1, -0.05) is 74.0 Å². The zero-order valence-corrected chi connectivity index (χ0v) is 23.9.